The van der Waals surface area contributed by atoms with E-state index >= 15 is 0 Å². The zero-order valence-electron chi connectivity index (χ0n) is 20.5. The molecule has 1 aromatic heterocycles. The molecule has 2 N–H and O–H groups in total. The van der Waals surface area contributed by atoms with E-state index in [-0.39, 0.29) is 11.6 Å². The van der Waals surface area contributed by atoms with E-state index in [1.807, 2.05) is 36.4 Å². The molecule has 186 valence electrons. The third kappa shape index (κ3) is 6.39. The molecule has 0 bridgehead atoms. The summed E-state index contributed by atoms with van der Waals surface area (Å²) in [4.78, 5) is 34.9. The number of H-pyrrole nitrogens is 1. The van der Waals surface area contributed by atoms with E-state index in [4.69, 9.17) is 4.74 Å². The lowest BCUT2D eigenvalue weighted by Gasteiger charge is -2.26. The van der Waals surface area contributed by atoms with Gasteiger partial charge in [0, 0.05) is 44.9 Å². The molecule has 8 nitrogen and oxygen atoms in total. The summed E-state index contributed by atoms with van der Waals surface area (Å²) in [6, 6.07) is 15.9. The lowest BCUT2D eigenvalue weighted by molar-refractivity contribution is -0.130. The molecule has 1 aliphatic rings. The SMILES string of the molecule is CN(C)C(=O)C(Cc1ccc(C#Cc2ccc(CN3CCOCC3)cc2)cc1)c1nc[nH]c(=O)c1O. The standard InChI is InChI=1S/C28H30N4O4/c1-31(2)28(35)24(25-26(33)27(34)30-19-29-25)17-22-9-5-20(6-10-22)3-4-21-7-11-23(12-8-21)18-32-13-15-36-16-14-32/h5-12,19,24,33H,13-18H2,1-2H3,(H,29,30,34). The number of aromatic nitrogens is 2. The Hall–Kier alpha value is -3.93. The van der Waals surface area contributed by atoms with Crippen molar-refractivity contribution >= 4 is 5.91 Å². The minimum absolute atomic E-state index is 0.0679. The fourth-order valence-corrected chi connectivity index (χ4v) is 4.09. The highest BCUT2D eigenvalue weighted by Gasteiger charge is 2.28. The Morgan fingerprint density at radius 1 is 1.06 bits per heavy atom. The van der Waals surface area contributed by atoms with Gasteiger partial charge in [0.15, 0.2) is 0 Å². The average molecular weight is 487 g/mol. The van der Waals surface area contributed by atoms with E-state index < -0.39 is 17.2 Å². The van der Waals surface area contributed by atoms with E-state index in [0.29, 0.717) is 6.42 Å². The maximum absolute atomic E-state index is 12.8. The number of aromatic amines is 1. The van der Waals surface area contributed by atoms with Crippen molar-refractivity contribution in [2.75, 3.05) is 40.4 Å². The number of rotatable bonds is 6. The molecule has 4 rings (SSSR count). The molecule has 2 aromatic carbocycles. The van der Waals surface area contributed by atoms with Gasteiger partial charge in [0.2, 0.25) is 11.7 Å². The Kier molecular flexibility index (Phi) is 8.16. The molecule has 1 fully saturated rings. The van der Waals surface area contributed by atoms with Gasteiger partial charge in [-0.3, -0.25) is 14.5 Å². The number of carbonyl (C=O) groups excluding carboxylic acids is 1. The van der Waals surface area contributed by atoms with Crippen LogP contribution in [0.25, 0.3) is 0 Å². The first kappa shape index (κ1) is 25.2. The van der Waals surface area contributed by atoms with Crippen molar-refractivity contribution in [1.29, 1.82) is 0 Å². The fourth-order valence-electron chi connectivity index (χ4n) is 4.09. The number of amides is 1. The van der Waals surface area contributed by atoms with Crippen LogP contribution in [0, 0.1) is 11.8 Å². The molecule has 0 aliphatic carbocycles. The van der Waals surface area contributed by atoms with Crippen LogP contribution < -0.4 is 5.56 Å². The Morgan fingerprint density at radius 3 is 2.22 bits per heavy atom. The summed E-state index contributed by atoms with van der Waals surface area (Å²) in [5.41, 5.74) is 3.32. The summed E-state index contributed by atoms with van der Waals surface area (Å²) < 4.78 is 5.40. The highest BCUT2D eigenvalue weighted by molar-refractivity contribution is 5.83. The first-order valence-corrected chi connectivity index (χ1v) is 11.9. The molecular weight excluding hydrogens is 456 g/mol. The second-order valence-corrected chi connectivity index (χ2v) is 8.99. The third-order valence-electron chi connectivity index (χ3n) is 6.13. The Labute approximate surface area is 210 Å². The molecule has 3 aromatic rings. The topological polar surface area (TPSA) is 98.8 Å². The molecule has 0 radical (unpaired) electrons. The van der Waals surface area contributed by atoms with Crippen molar-refractivity contribution < 1.29 is 14.6 Å². The summed E-state index contributed by atoms with van der Waals surface area (Å²) in [6.07, 6.45) is 1.49. The van der Waals surface area contributed by atoms with Crippen molar-refractivity contribution in [1.82, 2.24) is 19.8 Å². The number of nitrogens with one attached hydrogen (secondary N) is 1. The highest BCUT2D eigenvalue weighted by atomic mass is 16.5. The number of carbonyl (C=O) groups is 1. The summed E-state index contributed by atoms with van der Waals surface area (Å²) in [7, 11) is 3.26. The van der Waals surface area contributed by atoms with Gasteiger partial charge in [-0.2, -0.15) is 0 Å². The predicted molar refractivity (Wildman–Crippen MR) is 137 cm³/mol. The number of aromatic hydroxyl groups is 1. The van der Waals surface area contributed by atoms with Gasteiger partial charge in [-0.05, 0) is 41.8 Å². The van der Waals surface area contributed by atoms with E-state index in [1.54, 1.807) is 14.1 Å². The van der Waals surface area contributed by atoms with Gasteiger partial charge in [-0.15, -0.1) is 0 Å². The molecule has 1 saturated heterocycles. The number of nitrogens with zero attached hydrogens (tertiary/aromatic N) is 3. The zero-order chi connectivity index (χ0) is 25.5. The zero-order valence-corrected chi connectivity index (χ0v) is 20.5. The van der Waals surface area contributed by atoms with Crippen LogP contribution in [-0.2, 0) is 22.5 Å². The van der Waals surface area contributed by atoms with Crippen LogP contribution in [0.5, 0.6) is 5.75 Å². The monoisotopic (exact) mass is 486 g/mol. The molecule has 0 spiro atoms. The normalized spacial score (nSPS) is 14.5. The maximum Gasteiger partial charge on any atom is 0.293 e. The fraction of sp³-hybridized carbons (Fsp3) is 0.321. The van der Waals surface area contributed by atoms with Crippen molar-refractivity contribution in [3.05, 3.63) is 93.2 Å². The number of hydrogen-bond acceptors (Lipinski definition) is 6. The molecule has 8 heteroatoms. The minimum Gasteiger partial charge on any atom is -0.502 e. The van der Waals surface area contributed by atoms with Crippen LogP contribution in [0.4, 0.5) is 0 Å². The number of hydrogen-bond donors (Lipinski definition) is 2. The summed E-state index contributed by atoms with van der Waals surface area (Å²) in [6.45, 7) is 4.42. The molecule has 0 saturated carbocycles. The molecule has 2 heterocycles. The number of ether oxygens (including phenoxy) is 1. The number of benzene rings is 2. The second kappa shape index (κ2) is 11.7. The molecule has 1 amide bonds. The Bertz CT molecular complexity index is 1300. The van der Waals surface area contributed by atoms with Crippen molar-refractivity contribution in [3.8, 4) is 17.6 Å². The quantitative estimate of drug-likeness (QED) is 0.518. The van der Waals surface area contributed by atoms with Gasteiger partial charge in [-0.25, -0.2) is 4.98 Å². The smallest absolute Gasteiger partial charge is 0.293 e. The van der Waals surface area contributed by atoms with Crippen LogP contribution >= 0.6 is 0 Å². The van der Waals surface area contributed by atoms with Crippen molar-refractivity contribution in [3.63, 3.8) is 0 Å². The molecular formula is C28H30N4O4. The van der Waals surface area contributed by atoms with E-state index in [2.05, 4.69) is 38.8 Å². The summed E-state index contributed by atoms with van der Waals surface area (Å²) >= 11 is 0. The van der Waals surface area contributed by atoms with Gasteiger partial charge in [-0.1, -0.05) is 36.1 Å². The summed E-state index contributed by atoms with van der Waals surface area (Å²) in [5, 5.41) is 10.2. The molecule has 1 unspecified atom stereocenters. The van der Waals surface area contributed by atoms with Crippen molar-refractivity contribution in [2.45, 2.75) is 18.9 Å². The first-order chi connectivity index (χ1) is 17.4. The highest BCUT2D eigenvalue weighted by Crippen LogP contribution is 2.26. The molecule has 36 heavy (non-hydrogen) atoms. The van der Waals surface area contributed by atoms with Gasteiger partial charge in [0.05, 0.1) is 25.5 Å². The van der Waals surface area contributed by atoms with E-state index in [1.165, 1.54) is 16.8 Å². The van der Waals surface area contributed by atoms with Crippen LogP contribution in [0.2, 0.25) is 0 Å². The largest absolute Gasteiger partial charge is 0.502 e. The third-order valence-corrected chi connectivity index (χ3v) is 6.13. The van der Waals surface area contributed by atoms with Crippen LogP contribution in [0.1, 0.15) is 33.9 Å². The first-order valence-electron chi connectivity index (χ1n) is 11.9. The molecule has 1 aliphatic heterocycles. The van der Waals surface area contributed by atoms with Crippen molar-refractivity contribution in [2.24, 2.45) is 0 Å². The minimum atomic E-state index is -0.782. The average Bonchev–Trinajstić information content (AvgIpc) is 2.89. The van der Waals surface area contributed by atoms with Crippen LogP contribution in [0.15, 0.2) is 59.7 Å². The Balaban J connectivity index is 1.43. The second-order valence-electron chi connectivity index (χ2n) is 8.99. The van der Waals surface area contributed by atoms with E-state index in [9.17, 15) is 14.7 Å². The van der Waals surface area contributed by atoms with Crippen LogP contribution in [0.3, 0.4) is 0 Å². The van der Waals surface area contributed by atoms with Crippen LogP contribution in [-0.4, -0.2) is 71.2 Å². The summed E-state index contributed by atoms with van der Waals surface area (Å²) in [5.74, 6) is 4.82. The lowest BCUT2D eigenvalue weighted by atomic mass is 9.93. The maximum atomic E-state index is 12.8. The Morgan fingerprint density at radius 2 is 1.64 bits per heavy atom. The van der Waals surface area contributed by atoms with E-state index in [0.717, 1.165) is 49.5 Å². The van der Waals surface area contributed by atoms with Gasteiger partial charge < -0.3 is 19.7 Å². The molecule has 1 atom stereocenters. The van der Waals surface area contributed by atoms with Gasteiger partial charge in [0.1, 0.15) is 5.69 Å². The predicted octanol–water partition coefficient (Wildman–Crippen LogP) is 2.12. The lowest BCUT2D eigenvalue weighted by Crippen LogP contribution is -2.35. The number of morpholine rings is 1. The van der Waals surface area contributed by atoms with Gasteiger partial charge >= 0.3 is 0 Å². The number of likely N-dealkylation sites (N-methyl/N-ethyl adjacent to an activating group) is 1. The van der Waals surface area contributed by atoms with Gasteiger partial charge in [0.25, 0.3) is 5.56 Å².